The van der Waals surface area contributed by atoms with Crippen LogP contribution in [0.4, 0.5) is 15.8 Å². The fourth-order valence-electron chi connectivity index (χ4n) is 2.73. The lowest BCUT2D eigenvalue weighted by Crippen LogP contribution is -2.20. The largest absolute Gasteiger partial charge is 0.495 e. The second-order valence-corrected chi connectivity index (χ2v) is 8.31. The first-order chi connectivity index (χ1) is 14.8. The van der Waals surface area contributed by atoms with Gasteiger partial charge in [-0.05, 0) is 67.1 Å². The fourth-order valence-corrected chi connectivity index (χ4v) is 3.80. The number of hydrogen-bond acceptors (Lipinski definition) is 5. The lowest BCUT2D eigenvalue weighted by molar-refractivity contribution is -0.118. The average molecular weight is 444 g/mol. The molecule has 0 unspecified atom stereocenters. The zero-order valence-electron chi connectivity index (χ0n) is 16.9. The Hall–Kier alpha value is -3.59. The van der Waals surface area contributed by atoms with Crippen LogP contribution in [0.1, 0.15) is 5.56 Å². The maximum atomic E-state index is 13.1. The number of carbonyl (C=O) groups is 1. The van der Waals surface area contributed by atoms with Crippen LogP contribution in [0.5, 0.6) is 11.5 Å². The van der Waals surface area contributed by atoms with Crippen LogP contribution in [-0.4, -0.2) is 28.0 Å². The van der Waals surface area contributed by atoms with Crippen molar-refractivity contribution >= 4 is 27.3 Å². The van der Waals surface area contributed by atoms with E-state index in [0.717, 1.165) is 29.8 Å². The molecule has 0 bridgehead atoms. The SMILES string of the molecule is COc1ccc(NC(=O)COc2cccc(C)c2)cc1NS(=O)(=O)c1ccc(F)cc1. The van der Waals surface area contributed by atoms with E-state index in [4.69, 9.17) is 9.47 Å². The van der Waals surface area contributed by atoms with Crippen LogP contribution in [0.15, 0.2) is 71.6 Å². The van der Waals surface area contributed by atoms with Crippen LogP contribution in [0.2, 0.25) is 0 Å². The molecule has 2 N–H and O–H groups in total. The molecule has 3 aromatic rings. The van der Waals surface area contributed by atoms with E-state index in [-0.39, 0.29) is 22.9 Å². The molecule has 0 aliphatic heterocycles. The minimum absolute atomic E-state index is 0.114. The van der Waals surface area contributed by atoms with Crippen LogP contribution in [0, 0.1) is 12.7 Å². The highest BCUT2D eigenvalue weighted by Crippen LogP contribution is 2.30. The van der Waals surface area contributed by atoms with E-state index in [9.17, 15) is 17.6 Å². The molecule has 0 atom stereocenters. The third-order valence-corrected chi connectivity index (χ3v) is 5.59. The van der Waals surface area contributed by atoms with Gasteiger partial charge in [0.05, 0.1) is 17.7 Å². The van der Waals surface area contributed by atoms with E-state index in [1.807, 2.05) is 25.1 Å². The number of anilines is 2. The van der Waals surface area contributed by atoms with E-state index >= 15 is 0 Å². The molecule has 0 aromatic heterocycles. The van der Waals surface area contributed by atoms with Crippen molar-refractivity contribution in [1.29, 1.82) is 0 Å². The highest BCUT2D eigenvalue weighted by atomic mass is 32.2. The van der Waals surface area contributed by atoms with E-state index in [1.165, 1.54) is 19.2 Å². The Morgan fingerprint density at radius 1 is 1.03 bits per heavy atom. The van der Waals surface area contributed by atoms with Crippen molar-refractivity contribution in [3.05, 3.63) is 78.1 Å². The molecule has 0 radical (unpaired) electrons. The van der Waals surface area contributed by atoms with Crippen LogP contribution < -0.4 is 19.5 Å². The summed E-state index contributed by atoms with van der Waals surface area (Å²) in [5.74, 6) is -0.148. The Morgan fingerprint density at radius 3 is 2.45 bits per heavy atom. The lowest BCUT2D eigenvalue weighted by atomic mass is 10.2. The highest BCUT2D eigenvalue weighted by molar-refractivity contribution is 7.92. The Bertz CT molecular complexity index is 1180. The number of halogens is 1. The summed E-state index contributed by atoms with van der Waals surface area (Å²) in [6.45, 7) is 1.70. The van der Waals surface area contributed by atoms with Gasteiger partial charge < -0.3 is 14.8 Å². The maximum absolute atomic E-state index is 13.1. The van der Waals surface area contributed by atoms with Gasteiger partial charge in [-0.3, -0.25) is 9.52 Å². The number of nitrogens with one attached hydrogen (secondary N) is 2. The van der Waals surface area contributed by atoms with Gasteiger partial charge in [0.25, 0.3) is 15.9 Å². The first-order valence-corrected chi connectivity index (χ1v) is 10.7. The van der Waals surface area contributed by atoms with Gasteiger partial charge in [-0.2, -0.15) is 0 Å². The molecule has 9 heteroatoms. The topological polar surface area (TPSA) is 93.7 Å². The van der Waals surface area contributed by atoms with Crippen molar-refractivity contribution in [2.24, 2.45) is 0 Å². The number of amides is 1. The first kappa shape index (κ1) is 22.1. The third-order valence-electron chi connectivity index (χ3n) is 4.21. The molecule has 3 rings (SSSR count). The maximum Gasteiger partial charge on any atom is 0.262 e. The molecule has 0 saturated carbocycles. The molecule has 3 aromatic carbocycles. The molecule has 162 valence electrons. The Balaban J connectivity index is 1.72. The molecule has 31 heavy (non-hydrogen) atoms. The third kappa shape index (κ3) is 5.95. The number of hydrogen-bond donors (Lipinski definition) is 2. The molecule has 7 nitrogen and oxygen atoms in total. The smallest absolute Gasteiger partial charge is 0.262 e. The molecular formula is C22H21FN2O5S. The van der Waals surface area contributed by atoms with Gasteiger partial charge in [-0.25, -0.2) is 12.8 Å². The van der Waals surface area contributed by atoms with Gasteiger partial charge in [-0.1, -0.05) is 12.1 Å². The molecule has 0 aliphatic carbocycles. The van der Waals surface area contributed by atoms with Crippen molar-refractivity contribution in [3.63, 3.8) is 0 Å². The van der Waals surface area contributed by atoms with Crippen LogP contribution in [0.3, 0.4) is 0 Å². The van der Waals surface area contributed by atoms with Gasteiger partial charge >= 0.3 is 0 Å². The standard InChI is InChI=1S/C22H21FN2O5S/c1-15-4-3-5-18(12-15)30-14-22(26)24-17-8-11-21(29-2)20(13-17)25-31(27,28)19-9-6-16(23)7-10-19/h3-13,25H,14H2,1-2H3,(H,24,26). The van der Waals surface area contributed by atoms with Crippen molar-refractivity contribution in [3.8, 4) is 11.5 Å². The quantitative estimate of drug-likeness (QED) is 0.549. The molecule has 1 amide bonds. The molecular weight excluding hydrogens is 423 g/mol. The van der Waals surface area contributed by atoms with Gasteiger partial charge in [0.2, 0.25) is 0 Å². The summed E-state index contributed by atoms with van der Waals surface area (Å²) >= 11 is 0. The summed E-state index contributed by atoms with van der Waals surface area (Å²) in [5, 5.41) is 2.65. The van der Waals surface area contributed by atoms with Gasteiger partial charge in [0, 0.05) is 5.69 Å². The number of benzene rings is 3. The number of aryl methyl sites for hydroxylation is 1. The summed E-state index contributed by atoms with van der Waals surface area (Å²) in [6.07, 6.45) is 0. The minimum Gasteiger partial charge on any atom is -0.495 e. The fraction of sp³-hybridized carbons (Fsp3) is 0.136. The summed E-state index contributed by atoms with van der Waals surface area (Å²) in [6, 6.07) is 16.2. The number of carbonyl (C=O) groups excluding carboxylic acids is 1. The zero-order chi connectivity index (χ0) is 22.4. The molecule has 0 aliphatic rings. The Labute approximate surface area is 179 Å². The first-order valence-electron chi connectivity index (χ1n) is 9.22. The van der Waals surface area contributed by atoms with Crippen molar-refractivity contribution in [2.45, 2.75) is 11.8 Å². The molecule has 0 spiro atoms. The van der Waals surface area contributed by atoms with Gasteiger partial charge in [-0.15, -0.1) is 0 Å². The van der Waals surface area contributed by atoms with Crippen molar-refractivity contribution in [1.82, 2.24) is 0 Å². The Morgan fingerprint density at radius 2 is 1.77 bits per heavy atom. The molecule has 0 saturated heterocycles. The van der Waals surface area contributed by atoms with Crippen molar-refractivity contribution < 1.29 is 27.1 Å². The Kier molecular flexibility index (Phi) is 6.76. The number of methoxy groups -OCH3 is 1. The number of sulfonamides is 1. The van der Waals surface area contributed by atoms with Gasteiger partial charge in [0.15, 0.2) is 6.61 Å². The molecule has 0 heterocycles. The lowest BCUT2D eigenvalue weighted by Gasteiger charge is -2.14. The van der Waals surface area contributed by atoms with Crippen LogP contribution in [0.25, 0.3) is 0 Å². The van der Waals surface area contributed by atoms with Crippen molar-refractivity contribution in [2.75, 3.05) is 23.8 Å². The monoisotopic (exact) mass is 444 g/mol. The van der Waals surface area contributed by atoms with Gasteiger partial charge in [0.1, 0.15) is 17.3 Å². The van der Waals surface area contributed by atoms with Crippen LogP contribution in [-0.2, 0) is 14.8 Å². The number of ether oxygens (including phenoxy) is 2. The second-order valence-electron chi connectivity index (χ2n) is 6.63. The van der Waals surface area contributed by atoms with E-state index < -0.39 is 21.7 Å². The predicted molar refractivity (Wildman–Crippen MR) is 116 cm³/mol. The molecule has 0 fully saturated rings. The van der Waals surface area contributed by atoms with Crippen LogP contribution >= 0.6 is 0 Å². The summed E-state index contributed by atoms with van der Waals surface area (Å²) in [7, 11) is -2.60. The zero-order valence-corrected chi connectivity index (χ0v) is 17.7. The summed E-state index contributed by atoms with van der Waals surface area (Å²) < 4.78 is 51.4. The normalized spacial score (nSPS) is 10.9. The van der Waals surface area contributed by atoms with E-state index in [0.29, 0.717) is 11.4 Å². The predicted octanol–water partition coefficient (Wildman–Crippen LogP) is 3.96. The summed E-state index contributed by atoms with van der Waals surface area (Å²) in [4.78, 5) is 12.1. The minimum atomic E-state index is -3.99. The second kappa shape index (κ2) is 9.48. The van der Waals surface area contributed by atoms with E-state index in [1.54, 1.807) is 12.1 Å². The van der Waals surface area contributed by atoms with E-state index in [2.05, 4.69) is 10.0 Å². The average Bonchev–Trinajstić information content (AvgIpc) is 2.73. The highest BCUT2D eigenvalue weighted by Gasteiger charge is 2.17. The number of rotatable bonds is 8. The summed E-state index contributed by atoms with van der Waals surface area (Å²) in [5.41, 5.74) is 1.46.